The predicted octanol–water partition coefficient (Wildman–Crippen LogP) is 3.37. The minimum atomic E-state index is -0.334. The third-order valence-electron chi connectivity index (χ3n) is 4.89. The van der Waals surface area contributed by atoms with Crippen LogP contribution in [0.2, 0.25) is 0 Å². The number of nitrogens with one attached hydrogen (secondary N) is 1. The van der Waals surface area contributed by atoms with Gasteiger partial charge in [-0.05, 0) is 31.6 Å². The van der Waals surface area contributed by atoms with Crippen molar-refractivity contribution in [1.29, 1.82) is 0 Å². The van der Waals surface area contributed by atoms with Gasteiger partial charge in [-0.25, -0.2) is 9.97 Å². The fraction of sp³-hybridized carbons (Fsp3) is 0.750. The molecule has 2 fully saturated rings. The molecular weight excluding hydrogens is 294 g/mol. The van der Waals surface area contributed by atoms with Crippen molar-refractivity contribution in [2.24, 2.45) is 5.92 Å². The monoisotopic (exact) mass is 319 g/mol. The Hall–Kier alpha value is -1.92. The molecule has 2 aliphatic rings. The van der Waals surface area contributed by atoms with Crippen LogP contribution in [-0.4, -0.2) is 34.0 Å². The van der Waals surface area contributed by atoms with E-state index in [9.17, 15) is 10.1 Å². The lowest BCUT2D eigenvalue weighted by Crippen LogP contribution is -2.35. The van der Waals surface area contributed by atoms with Gasteiger partial charge in [-0.15, -0.1) is 0 Å². The highest BCUT2D eigenvalue weighted by atomic mass is 16.6. The summed E-state index contributed by atoms with van der Waals surface area (Å²) in [6.45, 7) is 3.83. The molecule has 0 spiro atoms. The molecule has 7 heteroatoms. The summed E-state index contributed by atoms with van der Waals surface area (Å²) in [7, 11) is 0. The standard InChI is InChI=1S/C16H25N5O2/c1-12-6-5-9-20(10-12)16-14(21(22)23)15(17-11-18-16)19-13-7-3-2-4-8-13/h11-13H,2-10H2,1H3,(H,17,18,19). The van der Waals surface area contributed by atoms with Gasteiger partial charge in [0.25, 0.3) is 0 Å². The van der Waals surface area contributed by atoms with Gasteiger partial charge in [0, 0.05) is 19.1 Å². The summed E-state index contributed by atoms with van der Waals surface area (Å²) in [5.74, 6) is 1.38. The zero-order valence-corrected chi connectivity index (χ0v) is 13.7. The van der Waals surface area contributed by atoms with Crippen LogP contribution in [0.1, 0.15) is 51.9 Å². The van der Waals surface area contributed by atoms with Crippen LogP contribution >= 0.6 is 0 Å². The lowest BCUT2D eigenvalue weighted by molar-refractivity contribution is -0.383. The number of aromatic nitrogens is 2. The van der Waals surface area contributed by atoms with Gasteiger partial charge in [-0.1, -0.05) is 26.2 Å². The Balaban J connectivity index is 1.87. The van der Waals surface area contributed by atoms with E-state index < -0.39 is 0 Å². The molecule has 1 aromatic heterocycles. The molecule has 23 heavy (non-hydrogen) atoms. The summed E-state index contributed by atoms with van der Waals surface area (Å²) in [4.78, 5) is 21.8. The highest BCUT2D eigenvalue weighted by molar-refractivity contribution is 5.70. The summed E-state index contributed by atoms with van der Waals surface area (Å²) < 4.78 is 0. The van der Waals surface area contributed by atoms with Crippen molar-refractivity contribution < 1.29 is 4.92 Å². The van der Waals surface area contributed by atoms with Crippen LogP contribution in [0.5, 0.6) is 0 Å². The number of anilines is 2. The molecule has 126 valence electrons. The maximum atomic E-state index is 11.7. The van der Waals surface area contributed by atoms with Crippen molar-refractivity contribution in [3.05, 3.63) is 16.4 Å². The molecule has 1 aliphatic heterocycles. The largest absolute Gasteiger partial charge is 0.361 e. The summed E-state index contributed by atoms with van der Waals surface area (Å²) in [5.41, 5.74) is 0.0344. The number of rotatable bonds is 4. The molecule has 0 radical (unpaired) electrons. The summed E-state index contributed by atoms with van der Waals surface area (Å²) in [5, 5.41) is 15.0. The van der Waals surface area contributed by atoms with E-state index in [4.69, 9.17) is 0 Å². The highest BCUT2D eigenvalue weighted by Crippen LogP contribution is 2.35. The molecule has 1 saturated carbocycles. The molecule has 2 heterocycles. The van der Waals surface area contributed by atoms with Gasteiger partial charge in [0.15, 0.2) is 0 Å². The smallest absolute Gasteiger partial charge is 0.353 e. The predicted molar refractivity (Wildman–Crippen MR) is 89.8 cm³/mol. The van der Waals surface area contributed by atoms with Crippen molar-refractivity contribution in [2.45, 2.75) is 57.9 Å². The Labute approximate surface area is 136 Å². The van der Waals surface area contributed by atoms with Crippen LogP contribution in [0.3, 0.4) is 0 Å². The lowest BCUT2D eigenvalue weighted by Gasteiger charge is -2.31. The van der Waals surface area contributed by atoms with Crippen molar-refractivity contribution in [2.75, 3.05) is 23.3 Å². The average Bonchev–Trinajstić information content (AvgIpc) is 2.55. The van der Waals surface area contributed by atoms with Crippen molar-refractivity contribution in [1.82, 2.24) is 9.97 Å². The summed E-state index contributed by atoms with van der Waals surface area (Å²) in [6.07, 6.45) is 9.37. The van der Waals surface area contributed by atoms with Crippen LogP contribution < -0.4 is 10.2 Å². The van der Waals surface area contributed by atoms with E-state index in [1.54, 1.807) is 0 Å². The second kappa shape index (κ2) is 7.10. The van der Waals surface area contributed by atoms with Crippen LogP contribution in [0.4, 0.5) is 17.3 Å². The third-order valence-corrected chi connectivity index (χ3v) is 4.89. The molecule has 7 nitrogen and oxygen atoms in total. The first kappa shape index (κ1) is 16.0. The van der Waals surface area contributed by atoms with Gasteiger partial charge in [-0.3, -0.25) is 10.1 Å². The van der Waals surface area contributed by atoms with E-state index in [0.29, 0.717) is 17.6 Å². The number of hydrogen-bond donors (Lipinski definition) is 1. The van der Waals surface area contributed by atoms with Crippen molar-refractivity contribution >= 4 is 17.3 Å². The van der Waals surface area contributed by atoms with Gasteiger partial charge in [0.2, 0.25) is 11.6 Å². The minimum absolute atomic E-state index is 0.0344. The number of nitro groups is 1. The summed E-state index contributed by atoms with van der Waals surface area (Å²) >= 11 is 0. The number of nitrogens with zero attached hydrogens (tertiary/aromatic N) is 4. The van der Waals surface area contributed by atoms with E-state index in [-0.39, 0.29) is 16.7 Å². The molecular formula is C16H25N5O2. The Morgan fingerprint density at radius 2 is 2.00 bits per heavy atom. The fourth-order valence-electron chi connectivity index (χ4n) is 3.70. The second-order valence-corrected chi connectivity index (χ2v) is 6.82. The molecule has 1 saturated heterocycles. The van der Waals surface area contributed by atoms with Crippen molar-refractivity contribution in [3.8, 4) is 0 Å². The molecule has 1 aliphatic carbocycles. The SMILES string of the molecule is CC1CCCN(c2ncnc(NC3CCCCC3)c2[N+](=O)[O-])C1. The van der Waals surface area contributed by atoms with E-state index >= 15 is 0 Å². The highest BCUT2D eigenvalue weighted by Gasteiger charge is 2.30. The molecule has 3 rings (SSSR count). The van der Waals surface area contributed by atoms with E-state index in [2.05, 4.69) is 22.2 Å². The molecule has 1 unspecified atom stereocenters. The van der Waals surface area contributed by atoms with Crippen LogP contribution in [-0.2, 0) is 0 Å². The van der Waals surface area contributed by atoms with E-state index in [1.807, 2.05) is 4.90 Å². The van der Waals surface area contributed by atoms with E-state index in [1.165, 1.54) is 32.0 Å². The molecule has 0 aromatic carbocycles. The zero-order chi connectivity index (χ0) is 16.2. The molecule has 1 aromatic rings. The van der Waals surface area contributed by atoms with Gasteiger partial charge in [0.1, 0.15) is 6.33 Å². The van der Waals surface area contributed by atoms with Gasteiger partial charge >= 0.3 is 5.69 Å². The van der Waals surface area contributed by atoms with Crippen LogP contribution in [0.15, 0.2) is 6.33 Å². The number of piperidine rings is 1. The number of hydrogen-bond acceptors (Lipinski definition) is 6. The quantitative estimate of drug-likeness (QED) is 0.676. The van der Waals surface area contributed by atoms with Crippen LogP contribution in [0.25, 0.3) is 0 Å². The molecule has 1 atom stereocenters. The second-order valence-electron chi connectivity index (χ2n) is 6.82. The normalized spacial score (nSPS) is 22.8. The van der Waals surface area contributed by atoms with Crippen molar-refractivity contribution in [3.63, 3.8) is 0 Å². The lowest BCUT2D eigenvalue weighted by atomic mass is 9.95. The fourth-order valence-corrected chi connectivity index (χ4v) is 3.70. The molecule has 0 bridgehead atoms. The maximum absolute atomic E-state index is 11.7. The maximum Gasteiger partial charge on any atom is 0.353 e. The third kappa shape index (κ3) is 3.71. The van der Waals surface area contributed by atoms with Crippen LogP contribution in [0, 0.1) is 16.0 Å². The Morgan fingerprint density at radius 1 is 1.22 bits per heavy atom. The Kier molecular flexibility index (Phi) is 4.93. The van der Waals surface area contributed by atoms with Gasteiger partial charge in [0.05, 0.1) is 4.92 Å². The Morgan fingerprint density at radius 3 is 2.70 bits per heavy atom. The first-order chi connectivity index (χ1) is 11.1. The first-order valence-electron chi connectivity index (χ1n) is 8.66. The van der Waals surface area contributed by atoms with Gasteiger partial charge < -0.3 is 10.2 Å². The first-order valence-corrected chi connectivity index (χ1v) is 8.66. The zero-order valence-electron chi connectivity index (χ0n) is 13.7. The molecule has 1 N–H and O–H groups in total. The van der Waals surface area contributed by atoms with E-state index in [0.717, 1.165) is 32.4 Å². The van der Waals surface area contributed by atoms with Gasteiger partial charge in [-0.2, -0.15) is 0 Å². The average molecular weight is 319 g/mol. The topological polar surface area (TPSA) is 84.2 Å². The Bertz CT molecular complexity index is 559. The summed E-state index contributed by atoms with van der Waals surface area (Å²) in [6, 6.07) is 0.283. The molecule has 0 amide bonds. The minimum Gasteiger partial charge on any atom is -0.361 e.